The van der Waals surface area contributed by atoms with Crippen LogP contribution in [0.3, 0.4) is 0 Å². The van der Waals surface area contributed by atoms with Gasteiger partial charge >= 0.3 is 0 Å². The van der Waals surface area contributed by atoms with E-state index in [0.717, 1.165) is 6.42 Å². The van der Waals surface area contributed by atoms with Crippen molar-refractivity contribution in [1.29, 1.82) is 0 Å². The topological polar surface area (TPSA) is 73.6 Å². The summed E-state index contributed by atoms with van der Waals surface area (Å²) >= 11 is 0. The molecular formula is C12H16N2O4. The molecule has 1 aliphatic rings. The summed E-state index contributed by atoms with van der Waals surface area (Å²) < 4.78 is 10.7. The molecule has 98 valence electrons. The Labute approximate surface area is 105 Å². The second kappa shape index (κ2) is 5.22. The SMILES string of the molecule is COc1ccc([N+](=O)[O-])cc1NC1CCOC1C. The third kappa shape index (κ3) is 2.53. The van der Waals surface area contributed by atoms with Gasteiger partial charge in [0.15, 0.2) is 0 Å². The van der Waals surface area contributed by atoms with E-state index in [0.29, 0.717) is 18.0 Å². The van der Waals surface area contributed by atoms with Gasteiger partial charge in [-0.05, 0) is 19.4 Å². The van der Waals surface area contributed by atoms with Gasteiger partial charge in [-0.3, -0.25) is 10.1 Å². The number of methoxy groups -OCH3 is 1. The summed E-state index contributed by atoms with van der Waals surface area (Å²) in [5.74, 6) is 0.597. The van der Waals surface area contributed by atoms with Crippen molar-refractivity contribution in [2.75, 3.05) is 19.0 Å². The summed E-state index contributed by atoms with van der Waals surface area (Å²) in [6, 6.07) is 4.67. The Hall–Kier alpha value is -1.82. The Kier molecular flexibility index (Phi) is 3.66. The molecular weight excluding hydrogens is 236 g/mol. The molecule has 6 heteroatoms. The zero-order valence-corrected chi connectivity index (χ0v) is 10.4. The quantitative estimate of drug-likeness (QED) is 0.656. The number of nitro benzene ring substituents is 1. The number of hydrogen-bond acceptors (Lipinski definition) is 5. The van der Waals surface area contributed by atoms with Crippen LogP contribution in [0.2, 0.25) is 0 Å². The Bertz CT molecular complexity index is 450. The van der Waals surface area contributed by atoms with Crippen molar-refractivity contribution in [2.45, 2.75) is 25.5 Å². The average Bonchev–Trinajstić information content (AvgIpc) is 2.75. The van der Waals surface area contributed by atoms with Crippen LogP contribution in [-0.2, 0) is 4.74 Å². The Morgan fingerprint density at radius 2 is 2.33 bits per heavy atom. The Morgan fingerprint density at radius 3 is 2.89 bits per heavy atom. The first kappa shape index (κ1) is 12.6. The number of nitrogens with one attached hydrogen (secondary N) is 1. The normalized spacial score (nSPS) is 22.8. The third-order valence-electron chi connectivity index (χ3n) is 3.11. The molecule has 1 aromatic rings. The van der Waals surface area contributed by atoms with Crippen molar-refractivity contribution in [3.63, 3.8) is 0 Å². The zero-order valence-electron chi connectivity index (χ0n) is 10.4. The fourth-order valence-electron chi connectivity index (χ4n) is 2.04. The highest BCUT2D eigenvalue weighted by Crippen LogP contribution is 2.31. The van der Waals surface area contributed by atoms with Gasteiger partial charge in [0.25, 0.3) is 5.69 Å². The minimum atomic E-state index is -0.417. The maximum Gasteiger partial charge on any atom is 0.271 e. The molecule has 2 atom stereocenters. The van der Waals surface area contributed by atoms with Gasteiger partial charge in [0.05, 0.1) is 29.9 Å². The van der Waals surface area contributed by atoms with E-state index in [1.54, 1.807) is 13.2 Å². The van der Waals surface area contributed by atoms with Crippen LogP contribution >= 0.6 is 0 Å². The predicted molar refractivity (Wildman–Crippen MR) is 67.1 cm³/mol. The van der Waals surface area contributed by atoms with Gasteiger partial charge in [0.2, 0.25) is 0 Å². The maximum atomic E-state index is 10.8. The lowest BCUT2D eigenvalue weighted by molar-refractivity contribution is -0.384. The van der Waals surface area contributed by atoms with Crippen LogP contribution in [0.1, 0.15) is 13.3 Å². The molecule has 1 heterocycles. The smallest absolute Gasteiger partial charge is 0.271 e. The van der Waals surface area contributed by atoms with E-state index in [-0.39, 0.29) is 17.8 Å². The highest BCUT2D eigenvalue weighted by atomic mass is 16.6. The molecule has 0 aliphatic carbocycles. The van der Waals surface area contributed by atoms with Gasteiger partial charge in [-0.1, -0.05) is 0 Å². The molecule has 18 heavy (non-hydrogen) atoms. The summed E-state index contributed by atoms with van der Waals surface area (Å²) in [6.07, 6.45) is 0.974. The number of benzene rings is 1. The largest absolute Gasteiger partial charge is 0.495 e. The molecule has 1 N–H and O–H groups in total. The van der Waals surface area contributed by atoms with Crippen LogP contribution in [-0.4, -0.2) is 30.8 Å². The van der Waals surface area contributed by atoms with Gasteiger partial charge in [0, 0.05) is 18.7 Å². The molecule has 2 unspecified atom stereocenters. The first-order valence-electron chi connectivity index (χ1n) is 5.82. The number of non-ortho nitro benzene ring substituents is 1. The number of rotatable bonds is 4. The van der Waals surface area contributed by atoms with Gasteiger partial charge in [-0.2, -0.15) is 0 Å². The van der Waals surface area contributed by atoms with Gasteiger partial charge < -0.3 is 14.8 Å². The van der Waals surface area contributed by atoms with Crippen LogP contribution in [0.5, 0.6) is 5.75 Å². The monoisotopic (exact) mass is 252 g/mol. The molecule has 0 saturated carbocycles. The summed E-state index contributed by atoms with van der Waals surface area (Å²) in [5.41, 5.74) is 0.680. The molecule has 1 aromatic carbocycles. The lowest BCUT2D eigenvalue weighted by atomic mass is 10.1. The van der Waals surface area contributed by atoms with Crippen LogP contribution < -0.4 is 10.1 Å². The van der Waals surface area contributed by atoms with Crippen molar-refractivity contribution >= 4 is 11.4 Å². The molecule has 1 aliphatic heterocycles. The minimum Gasteiger partial charge on any atom is -0.495 e. The van der Waals surface area contributed by atoms with E-state index < -0.39 is 4.92 Å². The van der Waals surface area contributed by atoms with E-state index in [9.17, 15) is 10.1 Å². The number of nitrogens with zero attached hydrogens (tertiary/aromatic N) is 1. The van der Waals surface area contributed by atoms with Crippen LogP contribution in [0, 0.1) is 10.1 Å². The zero-order chi connectivity index (χ0) is 13.1. The molecule has 1 saturated heterocycles. The van der Waals surface area contributed by atoms with Gasteiger partial charge in [-0.15, -0.1) is 0 Å². The van der Waals surface area contributed by atoms with E-state index in [1.165, 1.54) is 12.1 Å². The van der Waals surface area contributed by atoms with E-state index in [2.05, 4.69) is 5.32 Å². The predicted octanol–water partition coefficient (Wildman–Crippen LogP) is 2.19. The Morgan fingerprint density at radius 1 is 1.56 bits per heavy atom. The Balaban J connectivity index is 2.23. The third-order valence-corrected chi connectivity index (χ3v) is 3.11. The molecule has 0 amide bonds. The van der Waals surface area contributed by atoms with E-state index in [1.807, 2.05) is 6.92 Å². The summed E-state index contributed by atoms with van der Waals surface area (Å²) in [4.78, 5) is 10.3. The second-order valence-corrected chi connectivity index (χ2v) is 4.26. The van der Waals surface area contributed by atoms with Crippen molar-refractivity contribution in [2.24, 2.45) is 0 Å². The van der Waals surface area contributed by atoms with Crippen molar-refractivity contribution in [3.8, 4) is 5.75 Å². The van der Waals surface area contributed by atoms with Crippen LogP contribution in [0.4, 0.5) is 11.4 Å². The fourth-order valence-corrected chi connectivity index (χ4v) is 2.04. The minimum absolute atomic E-state index is 0.0462. The summed E-state index contributed by atoms with van der Waals surface area (Å²) in [5, 5.41) is 14.0. The van der Waals surface area contributed by atoms with E-state index >= 15 is 0 Å². The highest BCUT2D eigenvalue weighted by molar-refractivity contribution is 5.62. The van der Waals surface area contributed by atoms with Crippen molar-refractivity contribution < 1.29 is 14.4 Å². The van der Waals surface area contributed by atoms with Crippen molar-refractivity contribution in [1.82, 2.24) is 0 Å². The molecule has 0 aromatic heterocycles. The molecule has 0 radical (unpaired) electrons. The van der Waals surface area contributed by atoms with Gasteiger partial charge in [0.1, 0.15) is 5.75 Å². The number of hydrogen-bond donors (Lipinski definition) is 1. The lowest BCUT2D eigenvalue weighted by Crippen LogP contribution is -2.26. The molecule has 1 fully saturated rings. The van der Waals surface area contributed by atoms with Crippen LogP contribution in [0.25, 0.3) is 0 Å². The van der Waals surface area contributed by atoms with Crippen LogP contribution in [0.15, 0.2) is 18.2 Å². The fraction of sp³-hybridized carbons (Fsp3) is 0.500. The standard InChI is InChI=1S/C12H16N2O4/c1-8-10(5-6-18-8)13-11-7-9(14(15)16)3-4-12(11)17-2/h3-4,7-8,10,13H,5-6H2,1-2H3. The first-order valence-corrected chi connectivity index (χ1v) is 5.82. The lowest BCUT2D eigenvalue weighted by Gasteiger charge is -2.19. The summed E-state index contributed by atoms with van der Waals surface area (Å²) in [6.45, 7) is 2.69. The molecule has 2 rings (SSSR count). The maximum absolute atomic E-state index is 10.8. The average molecular weight is 252 g/mol. The van der Waals surface area contributed by atoms with Gasteiger partial charge in [-0.25, -0.2) is 0 Å². The number of anilines is 1. The molecule has 0 spiro atoms. The molecule has 0 bridgehead atoms. The molecule has 6 nitrogen and oxygen atoms in total. The second-order valence-electron chi connectivity index (χ2n) is 4.26. The first-order chi connectivity index (χ1) is 8.61. The number of nitro groups is 1. The van der Waals surface area contributed by atoms with E-state index in [4.69, 9.17) is 9.47 Å². The number of ether oxygens (including phenoxy) is 2. The van der Waals surface area contributed by atoms with Crippen molar-refractivity contribution in [3.05, 3.63) is 28.3 Å². The summed E-state index contributed by atoms with van der Waals surface area (Å²) in [7, 11) is 1.54. The highest BCUT2D eigenvalue weighted by Gasteiger charge is 2.25.